The molecule has 1 aromatic rings. The maximum absolute atomic E-state index is 4.64. The van der Waals surface area contributed by atoms with Gasteiger partial charge < -0.3 is 10.2 Å². The molecule has 4 nitrogen and oxygen atoms in total. The van der Waals surface area contributed by atoms with Crippen molar-refractivity contribution in [2.45, 2.75) is 45.1 Å². The van der Waals surface area contributed by atoms with Gasteiger partial charge in [0.25, 0.3) is 0 Å². The molecule has 0 radical (unpaired) electrons. The van der Waals surface area contributed by atoms with Gasteiger partial charge in [0.2, 0.25) is 0 Å². The van der Waals surface area contributed by atoms with Crippen molar-refractivity contribution < 1.29 is 0 Å². The predicted octanol–water partition coefficient (Wildman–Crippen LogP) is 2.60. The van der Waals surface area contributed by atoms with Gasteiger partial charge in [0, 0.05) is 25.7 Å². The number of aryl methyl sites for hydroxylation is 1. The molecule has 1 saturated heterocycles. The smallest absolute Gasteiger partial charge is 0.134 e. The molecule has 2 unspecified atom stereocenters. The van der Waals surface area contributed by atoms with E-state index >= 15 is 0 Å². The molecule has 1 aliphatic carbocycles. The average Bonchev–Trinajstić information content (AvgIpc) is 2.85. The van der Waals surface area contributed by atoms with Crippen LogP contribution >= 0.6 is 0 Å². The minimum Gasteiger partial charge on any atom is -0.373 e. The lowest BCUT2D eigenvalue weighted by atomic mass is 9.92. The van der Waals surface area contributed by atoms with Crippen LogP contribution < -0.4 is 10.2 Å². The van der Waals surface area contributed by atoms with Crippen LogP contribution in [0.5, 0.6) is 0 Å². The van der Waals surface area contributed by atoms with Crippen molar-refractivity contribution in [2.24, 2.45) is 5.92 Å². The lowest BCUT2D eigenvalue weighted by Crippen LogP contribution is -2.43. The maximum atomic E-state index is 4.64. The average molecular weight is 246 g/mol. The minimum absolute atomic E-state index is 0.720. The van der Waals surface area contributed by atoms with Gasteiger partial charge in [0.05, 0.1) is 0 Å². The highest BCUT2D eigenvalue weighted by Crippen LogP contribution is 2.38. The Kier molecular flexibility index (Phi) is 3.10. The normalized spacial score (nSPS) is 27.1. The second-order valence-electron chi connectivity index (χ2n) is 5.50. The summed E-state index contributed by atoms with van der Waals surface area (Å²) in [5.74, 6) is 3.80. The van der Waals surface area contributed by atoms with E-state index in [1.54, 1.807) is 0 Å². The molecule has 1 aliphatic heterocycles. The molecule has 18 heavy (non-hydrogen) atoms. The zero-order valence-corrected chi connectivity index (χ0v) is 11.3. The van der Waals surface area contributed by atoms with Crippen LogP contribution in [-0.4, -0.2) is 29.6 Å². The molecule has 0 spiro atoms. The number of rotatable bonds is 2. The van der Waals surface area contributed by atoms with Gasteiger partial charge in [0.15, 0.2) is 0 Å². The molecular weight excluding hydrogens is 224 g/mol. The summed E-state index contributed by atoms with van der Waals surface area (Å²) >= 11 is 0. The van der Waals surface area contributed by atoms with Crippen molar-refractivity contribution in [3.8, 4) is 0 Å². The number of hydrogen-bond acceptors (Lipinski definition) is 4. The van der Waals surface area contributed by atoms with Gasteiger partial charge in [0.1, 0.15) is 17.5 Å². The molecule has 2 aliphatic rings. The topological polar surface area (TPSA) is 41.0 Å². The Morgan fingerprint density at radius 2 is 2.06 bits per heavy atom. The molecule has 4 heteroatoms. The fourth-order valence-electron chi connectivity index (χ4n) is 3.57. The zero-order valence-electron chi connectivity index (χ0n) is 11.3. The van der Waals surface area contributed by atoms with Crippen LogP contribution in [0.25, 0.3) is 0 Å². The standard InChI is InChI=1S/C14H22N4/c1-10-16-13(15-2)9-14(17-10)18-8-4-6-11-5-3-7-12(11)18/h9,11-12H,3-8H2,1-2H3,(H,15,16,17). The molecule has 0 bridgehead atoms. The molecule has 2 heterocycles. The fourth-order valence-corrected chi connectivity index (χ4v) is 3.57. The molecular formula is C14H22N4. The lowest BCUT2D eigenvalue weighted by Gasteiger charge is -2.38. The second kappa shape index (κ2) is 4.75. The Morgan fingerprint density at radius 3 is 2.89 bits per heavy atom. The summed E-state index contributed by atoms with van der Waals surface area (Å²) in [5.41, 5.74) is 0. The van der Waals surface area contributed by atoms with E-state index < -0.39 is 0 Å². The molecule has 1 saturated carbocycles. The third-order valence-electron chi connectivity index (χ3n) is 4.37. The van der Waals surface area contributed by atoms with Crippen molar-refractivity contribution in [2.75, 3.05) is 23.8 Å². The van der Waals surface area contributed by atoms with Crippen LogP contribution in [0.3, 0.4) is 0 Å². The van der Waals surface area contributed by atoms with E-state index in [2.05, 4.69) is 26.3 Å². The van der Waals surface area contributed by atoms with E-state index in [-0.39, 0.29) is 0 Å². The number of aromatic nitrogens is 2. The van der Waals surface area contributed by atoms with Crippen molar-refractivity contribution in [3.63, 3.8) is 0 Å². The molecule has 2 fully saturated rings. The quantitative estimate of drug-likeness (QED) is 0.871. The van der Waals surface area contributed by atoms with Gasteiger partial charge >= 0.3 is 0 Å². The van der Waals surface area contributed by atoms with Crippen LogP contribution in [-0.2, 0) is 0 Å². The number of hydrogen-bond donors (Lipinski definition) is 1. The van der Waals surface area contributed by atoms with E-state index in [0.29, 0.717) is 0 Å². The Morgan fingerprint density at radius 1 is 1.22 bits per heavy atom. The van der Waals surface area contributed by atoms with Crippen molar-refractivity contribution in [1.82, 2.24) is 9.97 Å². The number of anilines is 2. The van der Waals surface area contributed by atoms with Crippen LogP contribution in [0.15, 0.2) is 6.07 Å². The molecule has 98 valence electrons. The zero-order chi connectivity index (χ0) is 12.5. The molecule has 1 aromatic heterocycles. The highest BCUT2D eigenvalue weighted by molar-refractivity contribution is 5.50. The Labute approximate surface area is 109 Å². The second-order valence-corrected chi connectivity index (χ2v) is 5.50. The Bertz CT molecular complexity index is 432. The third-order valence-corrected chi connectivity index (χ3v) is 4.37. The van der Waals surface area contributed by atoms with E-state index in [1.165, 1.54) is 32.1 Å². The minimum atomic E-state index is 0.720. The first kappa shape index (κ1) is 11.8. The van der Waals surface area contributed by atoms with Crippen LogP contribution in [0.4, 0.5) is 11.6 Å². The monoisotopic (exact) mass is 246 g/mol. The fraction of sp³-hybridized carbons (Fsp3) is 0.714. The summed E-state index contributed by atoms with van der Waals surface area (Å²) in [6.45, 7) is 3.13. The molecule has 2 atom stereocenters. The lowest BCUT2D eigenvalue weighted by molar-refractivity contribution is 0.360. The van der Waals surface area contributed by atoms with Crippen molar-refractivity contribution >= 4 is 11.6 Å². The van der Waals surface area contributed by atoms with Gasteiger partial charge in [-0.1, -0.05) is 6.42 Å². The molecule has 1 N–H and O–H groups in total. The van der Waals surface area contributed by atoms with Crippen molar-refractivity contribution in [3.05, 3.63) is 11.9 Å². The molecule has 3 rings (SSSR count). The Hall–Kier alpha value is -1.32. The highest BCUT2D eigenvalue weighted by Gasteiger charge is 2.35. The summed E-state index contributed by atoms with van der Waals surface area (Å²) in [5, 5.41) is 3.13. The van der Waals surface area contributed by atoms with Gasteiger partial charge in [-0.05, 0) is 38.5 Å². The van der Waals surface area contributed by atoms with Crippen LogP contribution in [0, 0.1) is 12.8 Å². The van der Waals surface area contributed by atoms with Gasteiger partial charge in [-0.15, -0.1) is 0 Å². The summed E-state index contributed by atoms with van der Waals surface area (Å²) in [6, 6.07) is 2.81. The largest absolute Gasteiger partial charge is 0.373 e. The number of fused-ring (bicyclic) bond motifs is 1. The summed E-state index contributed by atoms with van der Waals surface area (Å²) in [6.07, 6.45) is 6.84. The van der Waals surface area contributed by atoms with E-state index in [1.807, 2.05) is 14.0 Å². The van der Waals surface area contributed by atoms with Gasteiger partial charge in [-0.2, -0.15) is 0 Å². The van der Waals surface area contributed by atoms with Crippen LogP contribution in [0.2, 0.25) is 0 Å². The first-order valence-corrected chi connectivity index (χ1v) is 7.08. The number of nitrogens with one attached hydrogen (secondary N) is 1. The van der Waals surface area contributed by atoms with Gasteiger partial charge in [-0.3, -0.25) is 0 Å². The number of piperidine rings is 1. The van der Waals surface area contributed by atoms with E-state index in [4.69, 9.17) is 0 Å². The van der Waals surface area contributed by atoms with Crippen molar-refractivity contribution in [1.29, 1.82) is 0 Å². The maximum Gasteiger partial charge on any atom is 0.134 e. The molecule has 0 aromatic carbocycles. The van der Waals surface area contributed by atoms with Gasteiger partial charge in [-0.25, -0.2) is 9.97 Å². The Balaban J connectivity index is 1.90. The third kappa shape index (κ3) is 2.04. The van der Waals surface area contributed by atoms with E-state index in [0.717, 1.165) is 36.0 Å². The first-order valence-electron chi connectivity index (χ1n) is 7.08. The van der Waals surface area contributed by atoms with E-state index in [9.17, 15) is 0 Å². The molecule has 0 amide bonds. The SMILES string of the molecule is CNc1cc(N2CCCC3CCCC32)nc(C)n1. The highest BCUT2D eigenvalue weighted by atomic mass is 15.2. The number of nitrogens with zero attached hydrogens (tertiary/aromatic N) is 3. The summed E-state index contributed by atoms with van der Waals surface area (Å²) < 4.78 is 0. The first-order chi connectivity index (χ1) is 8.78. The summed E-state index contributed by atoms with van der Waals surface area (Å²) in [7, 11) is 1.92. The van der Waals surface area contributed by atoms with Crippen LogP contribution in [0.1, 0.15) is 37.9 Å². The summed E-state index contributed by atoms with van der Waals surface area (Å²) in [4.78, 5) is 11.5. The predicted molar refractivity (Wildman–Crippen MR) is 74.0 cm³/mol.